The van der Waals surface area contributed by atoms with Gasteiger partial charge in [-0.25, -0.2) is 4.98 Å². The molecule has 1 unspecified atom stereocenters. The van der Waals surface area contributed by atoms with Crippen LogP contribution in [0.2, 0.25) is 0 Å². The molecule has 4 aromatic rings. The first-order valence-electron chi connectivity index (χ1n) is 10.2. The number of hydrogen-bond acceptors (Lipinski definition) is 7. The molecule has 1 saturated heterocycles. The number of ether oxygens (including phenoxy) is 1. The Hall–Kier alpha value is -2.10. The molecule has 2 amide bonds. The third kappa shape index (κ3) is 5.20. The van der Waals surface area contributed by atoms with E-state index in [1.165, 1.54) is 0 Å². The summed E-state index contributed by atoms with van der Waals surface area (Å²) in [7, 11) is 0. The van der Waals surface area contributed by atoms with Gasteiger partial charge in [0.1, 0.15) is 11.5 Å². The average molecular weight is 488 g/mol. The van der Waals surface area contributed by atoms with E-state index in [0.29, 0.717) is 25.3 Å². The number of oxazole rings is 1. The van der Waals surface area contributed by atoms with E-state index in [2.05, 4.69) is 10.3 Å². The van der Waals surface area contributed by atoms with E-state index in [9.17, 15) is 9.59 Å². The molecule has 5 rings (SSSR count). The molecule has 1 N–H and O–H groups in total. The fourth-order valence-corrected chi connectivity index (χ4v) is 5.51. The Morgan fingerprint density at radius 1 is 1.12 bits per heavy atom. The zero-order valence-electron chi connectivity index (χ0n) is 18.3. The number of nitrogens with one attached hydrogen (secondary N) is 1. The van der Waals surface area contributed by atoms with E-state index in [0.717, 1.165) is 50.2 Å². The van der Waals surface area contributed by atoms with Gasteiger partial charge >= 0.3 is 0 Å². The molecule has 2 aromatic carbocycles. The van der Waals surface area contributed by atoms with Gasteiger partial charge < -0.3 is 9.15 Å². The third-order valence-corrected chi connectivity index (χ3v) is 7.31. The molecule has 1 fully saturated rings. The fraction of sp³-hybridized carbons (Fsp3) is 0.208. The van der Waals surface area contributed by atoms with Crippen LogP contribution < -0.4 is 10.1 Å². The number of hydrogen-bond donors (Lipinski definition) is 1. The molecular weight excluding hydrogens is 467 g/mol. The van der Waals surface area contributed by atoms with Crippen molar-refractivity contribution < 1.29 is 18.7 Å². The van der Waals surface area contributed by atoms with Gasteiger partial charge in [-0.3, -0.25) is 14.9 Å². The third-order valence-electron chi connectivity index (χ3n) is 5.34. The predicted octanol–water partition coefficient (Wildman–Crippen LogP) is 5.00. The van der Waals surface area contributed by atoms with Crippen LogP contribution in [0.4, 0.5) is 4.79 Å². The second kappa shape index (κ2) is 10.4. The monoisotopic (exact) mass is 487 g/mol. The van der Waals surface area contributed by atoms with Crippen LogP contribution in [0.25, 0.3) is 21.5 Å². The number of thiophene rings is 1. The van der Waals surface area contributed by atoms with Crippen LogP contribution in [0, 0.1) is 6.92 Å². The molecule has 1 aliphatic heterocycles. The SMILES string of the molecule is Cc1oc(-c2ccccc2)nc1CCOc1ccc(CC2SC(=O)NC2=O)c2sccc12.[Na]. The second-order valence-electron chi connectivity index (χ2n) is 7.46. The fourth-order valence-electron chi connectivity index (χ4n) is 3.73. The van der Waals surface area contributed by atoms with Crippen LogP contribution in [0.3, 0.4) is 0 Å². The minimum absolute atomic E-state index is 0. The van der Waals surface area contributed by atoms with Crippen LogP contribution >= 0.6 is 23.1 Å². The maximum Gasteiger partial charge on any atom is 0.286 e. The largest absolute Gasteiger partial charge is 0.493 e. The van der Waals surface area contributed by atoms with Gasteiger partial charge in [0.05, 0.1) is 17.6 Å². The minimum atomic E-state index is -0.381. The average Bonchev–Trinajstić information content (AvgIpc) is 3.50. The molecule has 6 nitrogen and oxygen atoms in total. The first-order valence-corrected chi connectivity index (χ1v) is 12.0. The first kappa shape index (κ1) is 24.0. The van der Waals surface area contributed by atoms with Crippen LogP contribution in [-0.2, 0) is 17.6 Å². The number of aromatic nitrogens is 1. The van der Waals surface area contributed by atoms with Crippen molar-refractivity contribution in [2.24, 2.45) is 0 Å². The summed E-state index contributed by atoms with van der Waals surface area (Å²) in [6.45, 7) is 2.39. The molecule has 9 heteroatoms. The van der Waals surface area contributed by atoms with Crippen LogP contribution in [0.15, 0.2) is 58.3 Å². The Labute approximate surface area is 221 Å². The summed E-state index contributed by atoms with van der Waals surface area (Å²) in [5, 5.41) is 4.73. The van der Waals surface area contributed by atoms with Crippen molar-refractivity contribution >= 4 is 73.9 Å². The van der Waals surface area contributed by atoms with Gasteiger partial charge in [-0.05, 0) is 48.6 Å². The van der Waals surface area contributed by atoms with Gasteiger partial charge in [-0.2, -0.15) is 0 Å². The molecule has 3 heterocycles. The Morgan fingerprint density at radius 3 is 2.70 bits per heavy atom. The Kier molecular flexibility index (Phi) is 7.61. The van der Waals surface area contributed by atoms with Crippen molar-refractivity contribution in [3.63, 3.8) is 0 Å². The molecular formula is C24H20N2NaO4S2. The number of amides is 2. The smallest absolute Gasteiger partial charge is 0.286 e. The van der Waals surface area contributed by atoms with Crippen molar-refractivity contribution in [3.05, 3.63) is 70.9 Å². The summed E-state index contributed by atoms with van der Waals surface area (Å²) in [6, 6.07) is 15.8. The number of aryl methyl sites for hydroxylation is 1. The van der Waals surface area contributed by atoms with Gasteiger partial charge in [0.25, 0.3) is 5.24 Å². The number of imide groups is 1. The number of fused-ring (bicyclic) bond motifs is 1. The maximum atomic E-state index is 11.9. The second-order valence-corrected chi connectivity index (χ2v) is 9.55. The normalized spacial score (nSPS) is 15.5. The molecule has 1 radical (unpaired) electrons. The summed E-state index contributed by atoms with van der Waals surface area (Å²) < 4.78 is 13.0. The van der Waals surface area contributed by atoms with Crippen molar-refractivity contribution in [1.29, 1.82) is 0 Å². The summed E-state index contributed by atoms with van der Waals surface area (Å²) in [5.41, 5.74) is 2.88. The van der Waals surface area contributed by atoms with E-state index in [-0.39, 0.29) is 46.0 Å². The van der Waals surface area contributed by atoms with Gasteiger partial charge in [0.2, 0.25) is 11.8 Å². The van der Waals surface area contributed by atoms with Crippen LogP contribution in [0.5, 0.6) is 5.75 Å². The minimum Gasteiger partial charge on any atom is -0.493 e. The number of benzene rings is 2. The topological polar surface area (TPSA) is 81.4 Å². The van der Waals surface area contributed by atoms with Gasteiger partial charge in [-0.15, -0.1) is 11.3 Å². The molecule has 1 atom stereocenters. The Balaban J connectivity index is 0.00000259. The van der Waals surface area contributed by atoms with E-state index in [1.807, 2.05) is 60.8 Å². The van der Waals surface area contributed by atoms with E-state index in [4.69, 9.17) is 9.15 Å². The number of carbonyl (C=O) groups excluding carboxylic acids is 2. The summed E-state index contributed by atoms with van der Waals surface area (Å²) in [5.74, 6) is 2.00. The van der Waals surface area contributed by atoms with Crippen molar-refractivity contribution in [2.45, 2.75) is 25.0 Å². The zero-order valence-corrected chi connectivity index (χ0v) is 21.9. The predicted molar refractivity (Wildman–Crippen MR) is 132 cm³/mol. The zero-order chi connectivity index (χ0) is 22.1. The molecule has 2 aromatic heterocycles. The number of carbonyl (C=O) groups is 2. The van der Waals surface area contributed by atoms with Gasteiger partial charge in [-0.1, -0.05) is 36.0 Å². The number of rotatable bonds is 7. The molecule has 33 heavy (non-hydrogen) atoms. The maximum absolute atomic E-state index is 11.9. The van der Waals surface area contributed by atoms with Gasteiger partial charge in [0.15, 0.2) is 0 Å². The van der Waals surface area contributed by atoms with Crippen molar-refractivity contribution in [3.8, 4) is 17.2 Å². The summed E-state index contributed by atoms with van der Waals surface area (Å²) >= 11 is 2.67. The molecule has 0 bridgehead atoms. The van der Waals surface area contributed by atoms with E-state index < -0.39 is 0 Å². The Morgan fingerprint density at radius 2 is 1.94 bits per heavy atom. The summed E-state index contributed by atoms with van der Waals surface area (Å²) in [4.78, 5) is 28.0. The Bertz CT molecular complexity index is 1300. The first-order chi connectivity index (χ1) is 15.6. The summed E-state index contributed by atoms with van der Waals surface area (Å²) in [6.07, 6.45) is 1.15. The standard InChI is InChI=1S/C24H20N2O4S2.Na/c1-14-18(25-23(30-14)15-5-3-2-4-6-15)9-11-29-19-8-7-16(21-17(19)10-12-31-21)13-20-22(27)26-24(28)32-20;/h2-8,10,12,20H,9,11,13H2,1H3,(H,26,27,28);. The van der Waals surface area contributed by atoms with Crippen molar-refractivity contribution in [2.75, 3.05) is 6.61 Å². The molecule has 0 aliphatic carbocycles. The number of nitrogens with zero attached hydrogens (tertiary/aromatic N) is 1. The molecule has 0 spiro atoms. The molecule has 0 saturated carbocycles. The molecule has 163 valence electrons. The van der Waals surface area contributed by atoms with Crippen LogP contribution in [0.1, 0.15) is 17.0 Å². The van der Waals surface area contributed by atoms with Crippen molar-refractivity contribution in [1.82, 2.24) is 10.3 Å². The van der Waals surface area contributed by atoms with Crippen LogP contribution in [-0.4, -0.2) is 57.5 Å². The quantitative estimate of drug-likeness (QED) is 0.370. The number of thioether (sulfide) groups is 1. The van der Waals surface area contributed by atoms with E-state index in [1.54, 1.807) is 11.3 Å². The van der Waals surface area contributed by atoms with E-state index >= 15 is 0 Å². The molecule has 1 aliphatic rings. The van der Waals surface area contributed by atoms with Gasteiger partial charge in [0, 0.05) is 51.6 Å².